The van der Waals surface area contributed by atoms with Crippen LogP contribution in [0.25, 0.3) is 0 Å². The topological polar surface area (TPSA) is 78.9 Å². The molecule has 0 radical (unpaired) electrons. The Hall–Kier alpha value is -2.11. The zero-order valence-electron chi connectivity index (χ0n) is 13.0. The molecule has 6 nitrogen and oxygen atoms in total. The molecule has 0 aromatic rings. The summed E-state index contributed by atoms with van der Waals surface area (Å²) in [5.41, 5.74) is 1.97. The van der Waals surface area contributed by atoms with E-state index in [0.717, 1.165) is 17.6 Å². The number of esters is 3. The Labute approximate surface area is 129 Å². The maximum atomic E-state index is 11.8. The fraction of sp³-hybridized carbons (Fsp3) is 0.562. The molecule has 0 saturated heterocycles. The largest absolute Gasteiger partial charge is 0.468 e. The van der Waals surface area contributed by atoms with Gasteiger partial charge in [-0.25, -0.2) is 0 Å². The van der Waals surface area contributed by atoms with Crippen molar-refractivity contribution < 1.29 is 28.6 Å². The first kappa shape index (κ1) is 16.3. The monoisotopic (exact) mass is 308 g/mol. The molecule has 120 valence electrons. The Morgan fingerprint density at radius 1 is 1.09 bits per heavy atom. The predicted molar refractivity (Wildman–Crippen MR) is 76.5 cm³/mol. The Bertz CT molecular complexity index is 529. The van der Waals surface area contributed by atoms with Crippen molar-refractivity contribution in [1.29, 1.82) is 0 Å². The highest BCUT2D eigenvalue weighted by molar-refractivity contribution is 5.95. The van der Waals surface area contributed by atoms with E-state index in [-0.39, 0.29) is 30.8 Å². The molecule has 0 unspecified atom stereocenters. The van der Waals surface area contributed by atoms with Gasteiger partial charge in [-0.2, -0.15) is 0 Å². The van der Waals surface area contributed by atoms with Crippen LogP contribution in [0.4, 0.5) is 0 Å². The van der Waals surface area contributed by atoms with Crippen LogP contribution >= 0.6 is 0 Å². The van der Waals surface area contributed by atoms with Crippen molar-refractivity contribution in [1.82, 2.24) is 0 Å². The average Bonchev–Trinajstić information content (AvgIpc) is 3.10. The summed E-state index contributed by atoms with van der Waals surface area (Å²) in [6, 6.07) is 0. The summed E-state index contributed by atoms with van der Waals surface area (Å²) in [4.78, 5) is 34.7. The van der Waals surface area contributed by atoms with Crippen LogP contribution in [-0.2, 0) is 28.6 Å². The zero-order chi connectivity index (χ0) is 16.3. The van der Waals surface area contributed by atoms with Gasteiger partial charge in [-0.15, -0.1) is 0 Å². The first-order valence-electron chi connectivity index (χ1n) is 7.17. The maximum Gasteiger partial charge on any atom is 0.320 e. The van der Waals surface area contributed by atoms with Gasteiger partial charge in [-0.05, 0) is 24.3 Å². The minimum absolute atomic E-state index is 0.187. The van der Waals surface area contributed by atoms with Gasteiger partial charge < -0.3 is 14.2 Å². The molecule has 2 aliphatic carbocycles. The van der Waals surface area contributed by atoms with Crippen LogP contribution in [0.3, 0.4) is 0 Å². The fourth-order valence-corrected chi connectivity index (χ4v) is 3.12. The molecule has 0 fully saturated rings. The second kappa shape index (κ2) is 6.77. The summed E-state index contributed by atoms with van der Waals surface area (Å²) >= 11 is 0. The Balaban J connectivity index is 2.20. The number of carbonyl (C=O) groups excluding carboxylic acids is 3. The number of hydrogen-bond acceptors (Lipinski definition) is 6. The number of rotatable bonds is 6. The summed E-state index contributed by atoms with van der Waals surface area (Å²) < 4.78 is 14.5. The van der Waals surface area contributed by atoms with Crippen molar-refractivity contribution in [3.8, 4) is 0 Å². The molecule has 0 N–H and O–H groups in total. The highest BCUT2D eigenvalue weighted by atomic mass is 16.5. The molecule has 0 aromatic heterocycles. The van der Waals surface area contributed by atoms with Crippen LogP contribution in [0.1, 0.15) is 19.8 Å². The molecule has 2 rings (SSSR count). The first-order chi connectivity index (χ1) is 10.5. The van der Waals surface area contributed by atoms with Gasteiger partial charge in [0, 0.05) is 12.8 Å². The zero-order valence-corrected chi connectivity index (χ0v) is 13.0. The highest BCUT2D eigenvalue weighted by Crippen LogP contribution is 2.46. The van der Waals surface area contributed by atoms with Gasteiger partial charge in [-0.3, -0.25) is 14.4 Å². The SMILES string of the molecule is COC(=O)C(CC1=C(COC(C)=O)[C@H]2C=C[C@@H]1C2)C(=O)OC. The average molecular weight is 308 g/mol. The maximum absolute atomic E-state index is 11.8. The standard InChI is InChI=1S/C16H20O6/c1-9(17)22-8-14-11-5-4-10(6-11)12(14)7-13(15(18)20-2)16(19)21-3/h4-5,10-11,13H,6-8H2,1-3H3/t10-,11+/m1/s1. The van der Waals surface area contributed by atoms with Crippen LogP contribution in [0.15, 0.2) is 23.3 Å². The lowest BCUT2D eigenvalue weighted by atomic mass is 9.89. The fourth-order valence-electron chi connectivity index (χ4n) is 3.12. The number of carbonyl (C=O) groups is 3. The van der Waals surface area contributed by atoms with Gasteiger partial charge in [-0.1, -0.05) is 17.7 Å². The van der Waals surface area contributed by atoms with E-state index in [4.69, 9.17) is 14.2 Å². The van der Waals surface area contributed by atoms with Gasteiger partial charge in [0.25, 0.3) is 0 Å². The van der Waals surface area contributed by atoms with Crippen LogP contribution < -0.4 is 0 Å². The summed E-state index contributed by atoms with van der Waals surface area (Å²) in [5.74, 6) is -2.15. The number of fused-ring (bicyclic) bond motifs is 2. The van der Waals surface area contributed by atoms with Crippen LogP contribution in [0.2, 0.25) is 0 Å². The predicted octanol–water partition coefficient (Wildman–Crippen LogP) is 1.40. The summed E-state index contributed by atoms with van der Waals surface area (Å²) in [6.07, 6.45) is 5.30. The lowest BCUT2D eigenvalue weighted by Gasteiger charge is -2.19. The van der Waals surface area contributed by atoms with Crippen molar-refractivity contribution in [2.45, 2.75) is 19.8 Å². The van der Waals surface area contributed by atoms with Crippen molar-refractivity contribution in [2.24, 2.45) is 17.8 Å². The molecule has 6 heteroatoms. The van der Waals surface area contributed by atoms with Crippen molar-refractivity contribution >= 4 is 17.9 Å². The highest BCUT2D eigenvalue weighted by Gasteiger charge is 2.39. The molecule has 2 bridgehead atoms. The molecule has 0 saturated carbocycles. The number of ether oxygens (including phenoxy) is 3. The van der Waals surface area contributed by atoms with Gasteiger partial charge in [0.15, 0.2) is 5.92 Å². The third-order valence-corrected chi connectivity index (χ3v) is 4.22. The lowest BCUT2D eigenvalue weighted by Crippen LogP contribution is -2.28. The van der Waals surface area contributed by atoms with Crippen LogP contribution in [-0.4, -0.2) is 38.7 Å². The minimum Gasteiger partial charge on any atom is -0.468 e. The van der Waals surface area contributed by atoms with Gasteiger partial charge in [0.2, 0.25) is 0 Å². The van der Waals surface area contributed by atoms with E-state index in [2.05, 4.69) is 12.2 Å². The van der Waals surface area contributed by atoms with Crippen LogP contribution in [0, 0.1) is 17.8 Å². The minimum atomic E-state index is -0.981. The summed E-state index contributed by atoms with van der Waals surface area (Å²) in [6.45, 7) is 1.56. The summed E-state index contributed by atoms with van der Waals surface area (Å²) in [7, 11) is 2.49. The molecule has 0 aliphatic heterocycles. The number of allylic oxidation sites excluding steroid dienone is 3. The first-order valence-corrected chi connectivity index (χ1v) is 7.17. The Kier molecular flexibility index (Phi) is 5.00. The third kappa shape index (κ3) is 3.21. The van der Waals surface area contributed by atoms with Crippen molar-refractivity contribution in [3.05, 3.63) is 23.3 Å². The number of hydrogen-bond donors (Lipinski definition) is 0. The third-order valence-electron chi connectivity index (χ3n) is 4.22. The normalized spacial score (nSPS) is 22.2. The van der Waals surface area contributed by atoms with Crippen molar-refractivity contribution in [2.75, 3.05) is 20.8 Å². The molecule has 0 spiro atoms. The second-order valence-corrected chi connectivity index (χ2v) is 5.47. The molecular formula is C16H20O6. The van der Waals surface area contributed by atoms with E-state index in [1.165, 1.54) is 21.1 Å². The lowest BCUT2D eigenvalue weighted by molar-refractivity contribution is -0.158. The van der Waals surface area contributed by atoms with E-state index in [0.29, 0.717) is 0 Å². The molecule has 0 aromatic carbocycles. The van der Waals surface area contributed by atoms with Gasteiger partial charge >= 0.3 is 17.9 Å². The Morgan fingerprint density at radius 3 is 2.14 bits per heavy atom. The van der Waals surface area contributed by atoms with E-state index in [1.54, 1.807) is 0 Å². The van der Waals surface area contributed by atoms with E-state index in [1.807, 2.05) is 0 Å². The molecule has 0 heterocycles. The van der Waals surface area contributed by atoms with E-state index >= 15 is 0 Å². The molecular weight excluding hydrogens is 288 g/mol. The van der Waals surface area contributed by atoms with E-state index in [9.17, 15) is 14.4 Å². The summed E-state index contributed by atoms with van der Waals surface area (Å²) in [5, 5.41) is 0. The molecule has 0 amide bonds. The molecule has 2 atom stereocenters. The van der Waals surface area contributed by atoms with Crippen molar-refractivity contribution in [3.63, 3.8) is 0 Å². The smallest absolute Gasteiger partial charge is 0.320 e. The van der Waals surface area contributed by atoms with Gasteiger partial charge in [0.05, 0.1) is 14.2 Å². The van der Waals surface area contributed by atoms with E-state index < -0.39 is 17.9 Å². The quantitative estimate of drug-likeness (QED) is 0.319. The number of methoxy groups -OCH3 is 2. The molecule has 2 aliphatic rings. The molecule has 22 heavy (non-hydrogen) atoms. The van der Waals surface area contributed by atoms with Gasteiger partial charge in [0.1, 0.15) is 6.61 Å². The second-order valence-electron chi connectivity index (χ2n) is 5.47. The Morgan fingerprint density at radius 2 is 1.64 bits per heavy atom. The van der Waals surface area contributed by atoms with Crippen LogP contribution in [0.5, 0.6) is 0 Å².